The average molecular weight is 375 g/mol. The zero-order valence-electron chi connectivity index (χ0n) is 15.4. The number of rotatable bonds is 8. The van der Waals surface area contributed by atoms with Gasteiger partial charge in [0.2, 0.25) is 5.91 Å². The molecule has 0 saturated carbocycles. The van der Waals surface area contributed by atoms with Gasteiger partial charge in [0.05, 0.1) is 17.5 Å². The third-order valence-corrected chi connectivity index (χ3v) is 5.21. The Morgan fingerprint density at radius 3 is 2.38 bits per heavy atom. The van der Waals surface area contributed by atoms with Crippen LogP contribution in [0.1, 0.15) is 36.9 Å². The highest BCUT2D eigenvalue weighted by Gasteiger charge is 2.12. The van der Waals surface area contributed by atoms with E-state index in [-0.39, 0.29) is 16.8 Å². The Hall–Kier alpha value is -2.34. The highest BCUT2D eigenvalue weighted by Crippen LogP contribution is 2.18. The van der Waals surface area contributed by atoms with Gasteiger partial charge >= 0.3 is 0 Å². The van der Waals surface area contributed by atoms with E-state index in [1.54, 1.807) is 24.3 Å². The molecule has 0 heterocycles. The molecule has 0 aliphatic carbocycles. The predicted octanol–water partition coefficient (Wildman–Crippen LogP) is 3.43. The number of hydrogen-bond acceptors (Lipinski definition) is 4. The van der Waals surface area contributed by atoms with Crippen molar-refractivity contribution >= 4 is 15.7 Å². The van der Waals surface area contributed by atoms with Crippen molar-refractivity contribution in [2.24, 2.45) is 0 Å². The van der Waals surface area contributed by atoms with Crippen molar-refractivity contribution in [3.63, 3.8) is 0 Å². The van der Waals surface area contributed by atoms with Crippen LogP contribution in [0.5, 0.6) is 5.75 Å². The number of carbonyl (C=O) groups is 1. The summed E-state index contributed by atoms with van der Waals surface area (Å²) >= 11 is 0. The summed E-state index contributed by atoms with van der Waals surface area (Å²) in [5, 5.41) is 2.92. The molecule has 5 nitrogen and oxygen atoms in total. The number of aryl methyl sites for hydroxylation is 1. The summed E-state index contributed by atoms with van der Waals surface area (Å²) in [6, 6.07) is 14.2. The molecule has 6 heteroatoms. The third kappa shape index (κ3) is 5.88. The predicted molar refractivity (Wildman–Crippen MR) is 102 cm³/mol. The summed E-state index contributed by atoms with van der Waals surface area (Å²) in [5.74, 6) is 0.783. The molecule has 0 radical (unpaired) electrons. The van der Waals surface area contributed by atoms with Gasteiger partial charge in [-0.1, -0.05) is 30.3 Å². The topological polar surface area (TPSA) is 72.5 Å². The average Bonchev–Trinajstić information content (AvgIpc) is 2.59. The second kappa shape index (κ2) is 8.85. The van der Waals surface area contributed by atoms with Gasteiger partial charge in [-0.2, -0.15) is 0 Å². The zero-order chi connectivity index (χ0) is 19.2. The first-order chi connectivity index (χ1) is 12.3. The van der Waals surface area contributed by atoms with Gasteiger partial charge in [0.15, 0.2) is 9.84 Å². The first kappa shape index (κ1) is 20.0. The zero-order valence-corrected chi connectivity index (χ0v) is 16.2. The quantitative estimate of drug-likeness (QED) is 0.718. The lowest BCUT2D eigenvalue weighted by atomic mass is 10.1. The van der Waals surface area contributed by atoms with Gasteiger partial charge < -0.3 is 10.1 Å². The Morgan fingerprint density at radius 1 is 1.12 bits per heavy atom. The largest absolute Gasteiger partial charge is 0.493 e. The molecule has 26 heavy (non-hydrogen) atoms. The number of nitrogens with one attached hydrogen (secondary N) is 1. The van der Waals surface area contributed by atoms with Crippen molar-refractivity contribution in [3.8, 4) is 5.75 Å². The summed E-state index contributed by atoms with van der Waals surface area (Å²) in [7, 11) is -3.21. The Labute approximate surface area is 155 Å². The molecule has 0 aromatic heterocycles. The van der Waals surface area contributed by atoms with Crippen molar-refractivity contribution in [2.75, 3.05) is 12.9 Å². The van der Waals surface area contributed by atoms with Crippen LogP contribution >= 0.6 is 0 Å². The highest BCUT2D eigenvalue weighted by atomic mass is 32.2. The molecule has 1 amide bonds. The number of hydrogen-bond donors (Lipinski definition) is 1. The van der Waals surface area contributed by atoms with E-state index in [4.69, 9.17) is 4.74 Å². The van der Waals surface area contributed by atoms with E-state index in [9.17, 15) is 13.2 Å². The minimum absolute atomic E-state index is 0.0573. The Kier molecular flexibility index (Phi) is 6.80. The molecule has 2 rings (SSSR count). The fraction of sp³-hybridized carbons (Fsp3) is 0.350. The molecule has 0 spiro atoms. The fourth-order valence-electron chi connectivity index (χ4n) is 2.53. The minimum atomic E-state index is -3.21. The van der Waals surface area contributed by atoms with Crippen LogP contribution < -0.4 is 10.1 Å². The van der Waals surface area contributed by atoms with E-state index in [0.29, 0.717) is 19.4 Å². The number of amides is 1. The maximum absolute atomic E-state index is 12.1. The van der Waals surface area contributed by atoms with Crippen molar-refractivity contribution in [1.82, 2.24) is 5.32 Å². The van der Waals surface area contributed by atoms with Crippen molar-refractivity contribution in [3.05, 3.63) is 59.7 Å². The number of para-hydroxylation sites is 1. The van der Waals surface area contributed by atoms with E-state index in [0.717, 1.165) is 16.9 Å². The highest BCUT2D eigenvalue weighted by molar-refractivity contribution is 7.90. The van der Waals surface area contributed by atoms with Gasteiger partial charge in [-0.15, -0.1) is 0 Å². The van der Waals surface area contributed by atoms with E-state index in [1.165, 1.54) is 6.26 Å². The van der Waals surface area contributed by atoms with E-state index < -0.39 is 9.84 Å². The van der Waals surface area contributed by atoms with Gasteiger partial charge in [-0.05, 0) is 49.6 Å². The summed E-state index contributed by atoms with van der Waals surface area (Å²) < 4.78 is 28.6. The lowest BCUT2D eigenvalue weighted by molar-refractivity contribution is -0.121. The molecule has 1 N–H and O–H groups in total. The SMILES string of the molecule is Cc1ccccc1OCCCC(=O)NC(C)c1ccc(S(C)(=O)=O)cc1. The van der Waals surface area contributed by atoms with Crippen molar-refractivity contribution in [2.45, 2.75) is 37.6 Å². The van der Waals surface area contributed by atoms with Crippen LogP contribution in [0.2, 0.25) is 0 Å². The van der Waals surface area contributed by atoms with Crippen molar-refractivity contribution < 1.29 is 17.9 Å². The maximum atomic E-state index is 12.1. The second-order valence-electron chi connectivity index (χ2n) is 6.35. The van der Waals surface area contributed by atoms with Gasteiger partial charge in [-0.3, -0.25) is 4.79 Å². The van der Waals surface area contributed by atoms with Crippen LogP contribution in [0, 0.1) is 6.92 Å². The Balaban J connectivity index is 1.77. The minimum Gasteiger partial charge on any atom is -0.493 e. The normalized spacial score (nSPS) is 12.4. The van der Waals surface area contributed by atoms with Crippen LogP contribution in [-0.4, -0.2) is 27.2 Å². The van der Waals surface area contributed by atoms with Gasteiger partial charge in [0.25, 0.3) is 0 Å². The lowest BCUT2D eigenvalue weighted by Crippen LogP contribution is -2.26. The molecule has 1 unspecified atom stereocenters. The third-order valence-electron chi connectivity index (χ3n) is 4.09. The number of ether oxygens (including phenoxy) is 1. The molecule has 2 aromatic rings. The second-order valence-corrected chi connectivity index (χ2v) is 8.36. The first-order valence-corrected chi connectivity index (χ1v) is 10.4. The molecule has 0 aliphatic heterocycles. The number of sulfone groups is 1. The molecular formula is C20H25NO4S. The molecular weight excluding hydrogens is 350 g/mol. The van der Waals surface area contributed by atoms with Gasteiger partial charge in [-0.25, -0.2) is 8.42 Å². The summed E-state index contributed by atoms with van der Waals surface area (Å²) in [5.41, 5.74) is 1.94. The molecule has 140 valence electrons. The summed E-state index contributed by atoms with van der Waals surface area (Å²) in [6.07, 6.45) is 2.17. The number of benzene rings is 2. The smallest absolute Gasteiger partial charge is 0.220 e. The Morgan fingerprint density at radius 2 is 1.77 bits per heavy atom. The van der Waals surface area contributed by atoms with Crippen LogP contribution in [-0.2, 0) is 14.6 Å². The first-order valence-electron chi connectivity index (χ1n) is 8.55. The van der Waals surface area contributed by atoms with Crippen LogP contribution in [0.3, 0.4) is 0 Å². The Bertz CT molecular complexity index is 844. The standard InChI is InChI=1S/C20H25NO4S/c1-15-7-4-5-8-19(15)25-14-6-9-20(22)21-16(2)17-10-12-18(13-11-17)26(3,23)24/h4-5,7-8,10-13,16H,6,9,14H2,1-3H3,(H,21,22). The lowest BCUT2D eigenvalue weighted by Gasteiger charge is -2.15. The van der Waals surface area contributed by atoms with E-state index in [1.807, 2.05) is 38.1 Å². The van der Waals surface area contributed by atoms with Crippen LogP contribution in [0.15, 0.2) is 53.4 Å². The van der Waals surface area contributed by atoms with Crippen LogP contribution in [0.4, 0.5) is 0 Å². The fourth-order valence-corrected chi connectivity index (χ4v) is 3.16. The summed E-state index contributed by atoms with van der Waals surface area (Å²) in [4.78, 5) is 12.3. The molecule has 0 aliphatic rings. The maximum Gasteiger partial charge on any atom is 0.220 e. The monoisotopic (exact) mass is 375 g/mol. The molecule has 0 bridgehead atoms. The molecule has 1 atom stereocenters. The molecule has 2 aromatic carbocycles. The number of carbonyl (C=O) groups excluding carboxylic acids is 1. The molecule has 0 fully saturated rings. The van der Waals surface area contributed by atoms with E-state index in [2.05, 4.69) is 5.32 Å². The molecule has 0 saturated heterocycles. The van der Waals surface area contributed by atoms with Crippen LogP contribution in [0.25, 0.3) is 0 Å². The summed E-state index contributed by atoms with van der Waals surface area (Å²) in [6.45, 7) is 4.34. The van der Waals surface area contributed by atoms with E-state index >= 15 is 0 Å². The van der Waals surface area contributed by atoms with Crippen molar-refractivity contribution in [1.29, 1.82) is 0 Å². The van der Waals surface area contributed by atoms with Gasteiger partial charge in [0, 0.05) is 12.7 Å². The van der Waals surface area contributed by atoms with Gasteiger partial charge in [0.1, 0.15) is 5.75 Å².